The molecule has 2 N–H and O–H groups in total. The fourth-order valence-corrected chi connectivity index (χ4v) is 0.969. The molecule has 1 rings (SSSR count). The second-order valence-corrected chi connectivity index (χ2v) is 2.60. The summed E-state index contributed by atoms with van der Waals surface area (Å²) < 4.78 is 0. The first-order chi connectivity index (χ1) is 4.74. The van der Waals surface area contributed by atoms with Crippen LogP contribution in [0.4, 0.5) is 0 Å². The number of nitrogens with two attached hydrogens (primary N) is 1. The highest BCUT2D eigenvalue weighted by atomic mass is 35.5. The zero-order valence-electron chi connectivity index (χ0n) is 5.96. The van der Waals surface area contributed by atoms with Crippen molar-refractivity contribution in [1.29, 1.82) is 0 Å². The molecule has 6 heteroatoms. The minimum Gasteiger partial charge on any atom is -0.326 e. The SMILES string of the molecule is Cl.Cl.NCc1cc(Cl)ncc1Cl. The van der Waals surface area contributed by atoms with E-state index in [4.69, 9.17) is 28.9 Å². The first-order valence-electron chi connectivity index (χ1n) is 2.74. The molecule has 1 aromatic rings. The molecule has 0 aliphatic carbocycles. The molecule has 0 unspecified atom stereocenters. The van der Waals surface area contributed by atoms with Gasteiger partial charge in [-0.25, -0.2) is 4.98 Å². The lowest BCUT2D eigenvalue weighted by Gasteiger charge is -1.98. The average Bonchev–Trinajstić information content (AvgIpc) is 1.94. The second kappa shape index (κ2) is 6.75. The van der Waals surface area contributed by atoms with Crippen molar-refractivity contribution < 1.29 is 0 Å². The summed E-state index contributed by atoms with van der Waals surface area (Å²) in [4.78, 5) is 3.77. The molecule has 0 saturated carbocycles. The summed E-state index contributed by atoms with van der Waals surface area (Å²) in [5.74, 6) is 0. The minimum absolute atomic E-state index is 0. The van der Waals surface area contributed by atoms with Crippen molar-refractivity contribution in [2.45, 2.75) is 6.54 Å². The van der Waals surface area contributed by atoms with Crippen molar-refractivity contribution in [3.8, 4) is 0 Å². The smallest absolute Gasteiger partial charge is 0.129 e. The molecule has 0 aromatic carbocycles. The van der Waals surface area contributed by atoms with Gasteiger partial charge in [-0.05, 0) is 11.6 Å². The van der Waals surface area contributed by atoms with Crippen LogP contribution in [0.5, 0.6) is 0 Å². The fourth-order valence-electron chi connectivity index (χ4n) is 0.608. The zero-order valence-corrected chi connectivity index (χ0v) is 9.10. The van der Waals surface area contributed by atoms with E-state index in [0.29, 0.717) is 16.7 Å². The van der Waals surface area contributed by atoms with Crippen molar-refractivity contribution >= 4 is 48.0 Å². The molecule has 12 heavy (non-hydrogen) atoms. The monoisotopic (exact) mass is 248 g/mol. The van der Waals surface area contributed by atoms with E-state index in [1.54, 1.807) is 6.07 Å². The lowest BCUT2D eigenvalue weighted by Crippen LogP contribution is -1.97. The van der Waals surface area contributed by atoms with Crippen LogP contribution in [0.2, 0.25) is 10.2 Å². The van der Waals surface area contributed by atoms with Crippen LogP contribution >= 0.6 is 48.0 Å². The van der Waals surface area contributed by atoms with Gasteiger partial charge in [-0.1, -0.05) is 23.2 Å². The van der Waals surface area contributed by atoms with Gasteiger partial charge in [0.2, 0.25) is 0 Å². The Morgan fingerprint density at radius 1 is 1.33 bits per heavy atom. The Kier molecular flexibility index (Phi) is 8.31. The van der Waals surface area contributed by atoms with Crippen molar-refractivity contribution in [1.82, 2.24) is 4.98 Å². The van der Waals surface area contributed by atoms with E-state index in [1.165, 1.54) is 6.20 Å². The number of pyridine rings is 1. The topological polar surface area (TPSA) is 38.9 Å². The Morgan fingerprint density at radius 2 is 1.92 bits per heavy atom. The summed E-state index contributed by atoms with van der Waals surface area (Å²) in [5.41, 5.74) is 6.17. The molecule has 0 atom stereocenters. The third kappa shape index (κ3) is 3.78. The van der Waals surface area contributed by atoms with Gasteiger partial charge in [0.25, 0.3) is 0 Å². The maximum absolute atomic E-state index is 5.70. The molecule has 1 heterocycles. The van der Waals surface area contributed by atoms with Gasteiger partial charge in [0, 0.05) is 12.7 Å². The third-order valence-corrected chi connectivity index (χ3v) is 1.67. The van der Waals surface area contributed by atoms with Crippen LogP contribution in [-0.2, 0) is 6.54 Å². The lowest BCUT2D eigenvalue weighted by molar-refractivity contribution is 1.06. The van der Waals surface area contributed by atoms with E-state index in [2.05, 4.69) is 4.98 Å². The summed E-state index contributed by atoms with van der Waals surface area (Å²) in [6.07, 6.45) is 1.49. The minimum atomic E-state index is 0. The Bertz CT molecular complexity index is 241. The van der Waals surface area contributed by atoms with E-state index in [1.807, 2.05) is 0 Å². The molecule has 0 saturated heterocycles. The number of hydrogen-bond acceptors (Lipinski definition) is 2. The van der Waals surface area contributed by atoms with E-state index in [9.17, 15) is 0 Å². The normalized spacial score (nSPS) is 8.25. The van der Waals surface area contributed by atoms with E-state index in [-0.39, 0.29) is 24.8 Å². The van der Waals surface area contributed by atoms with Crippen LogP contribution in [0, 0.1) is 0 Å². The van der Waals surface area contributed by atoms with Gasteiger partial charge < -0.3 is 5.73 Å². The van der Waals surface area contributed by atoms with Gasteiger partial charge in [0.1, 0.15) is 5.15 Å². The molecule has 0 amide bonds. The molecule has 0 aliphatic heterocycles. The maximum Gasteiger partial charge on any atom is 0.129 e. The summed E-state index contributed by atoms with van der Waals surface area (Å²) in [5, 5.41) is 0.983. The highest BCUT2D eigenvalue weighted by Gasteiger charge is 1.98. The quantitative estimate of drug-likeness (QED) is 0.778. The lowest BCUT2D eigenvalue weighted by atomic mass is 10.3. The van der Waals surface area contributed by atoms with E-state index >= 15 is 0 Å². The first-order valence-corrected chi connectivity index (χ1v) is 3.49. The van der Waals surface area contributed by atoms with Gasteiger partial charge in [0.15, 0.2) is 0 Å². The van der Waals surface area contributed by atoms with Crippen molar-refractivity contribution in [2.24, 2.45) is 5.73 Å². The molecule has 2 nitrogen and oxygen atoms in total. The number of halogens is 4. The van der Waals surface area contributed by atoms with Gasteiger partial charge >= 0.3 is 0 Å². The number of aromatic nitrogens is 1. The van der Waals surface area contributed by atoms with E-state index in [0.717, 1.165) is 5.56 Å². The van der Waals surface area contributed by atoms with Gasteiger partial charge in [-0.3, -0.25) is 0 Å². The number of rotatable bonds is 1. The van der Waals surface area contributed by atoms with Crippen LogP contribution in [0.3, 0.4) is 0 Å². The molecular weight excluding hydrogens is 242 g/mol. The van der Waals surface area contributed by atoms with Crippen LogP contribution in [0.25, 0.3) is 0 Å². The largest absolute Gasteiger partial charge is 0.326 e. The molecule has 0 spiro atoms. The number of nitrogens with zero attached hydrogens (tertiary/aromatic N) is 1. The number of hydrogen-bond donors (Lipinski definition) is 1. The van der Waals surface area contributed by atoms with Gasteiger partial charge in [0.05, 0.1) is 5.02 Å². The molecule has 70 valence electrons. The predicted molar refractivity (Wildman–Crippen MR) is 56.6 cm³/mol. The Morgan fingerprint density at radius 3 is 2.33 bits per heavy atom. The Hall–Kier alpha value is 0.270. The molecule has 0 aliphatic rings. The molecular formula is C6H8Cl4N2. The predicted octanol–water partition coefficient (Wildman–Crippen LogP) is 2.69. The summed E-state index contributed by atoms with van der Waals surface area (Å²) in [6, 6.07) is 1.66. The van der Waals surface area contributed by atoms with Crippen LogP contribution in [0.1, 0.15) is 5.56 Å². The zero-order chi connectivity index (χ0) is 7.56. The third-order valence-electron chi connectivity index (χ3n) is 1.12. The van der Waals surface area contributed by atoms with Crippen molar-refractivity contribution in [3.63, 3.8) is 0 Å². The first kappa shape index (κ1) is 14.8. The standard InChI is InChI=1S/C6H6Cl2N2.2ClH/c7-5-3-10-6(8)1-4(5)2-9;;/h1,3H,2,9H2;2*1H. The highest BCUT2D eigenvalue weighted by molar-refractivity contribution is 6.32. The summed E-state index contributed by atoms with van der Waals surface area (Å²) >= 11 is 11.3. The fraction of sp³-hybridized carbons (Fsp3) is 0.167. The van der Waals surface area contributed by atoms with Gasteiger partial charge in [-0.2, -0.15) is 0 Å². The summed E-state index contributed by atoms with van der Waals surface area (Å²) in [6.45, 7) is 0.390. The Labute approximate surface area is 93.3 Å². The van der Waals surface area contributed by atoms with Crippen molar-refractivity contribution in [2.75, 3.05) is 0 Å². The maximum atomic E-state index is 5.70. The second-order valence-electron chi connectivity index (χ2n) is 1.80. The van der Waals surface area contributed by atoms with Crippen molar-refractivity contribution in [3.05, 3.63) is 28.0 Å². The molecule has 0 bridgehead atoms. The Balaban J connectivity index is 0. The summed E-state index contributed by atoms with van der Waals surface area (Å²) in [7, 11) is 0. The highest BCUT2D eigenvalue weighted by Crippen LogP contribution is 2.16. The van der Waals surface area contributed by atoms with Crippen LogP contribution in [0.15, 0.2) is 12.3 Å². The molecule has 1 aromatic heterocycles. The average molecular weight is 250 g/mol. The molecule has 0 fully saturated rings. The molecule has 0 radical (unpaired) electrons. The van der Waals surface area contributed by atoms with Crippen LogP contribution < -0.4 is 5.73 Å². The van der Waals surface area contributed by atoms with E-state index < -0.39 is 0 Å². The van der Waals surface area contributed by atoms with Gasteiger partial charge in [-0.15, -0.1) is 24.8 Å². The van der Waals surface area contributed by atoms with Crippen LogP contribution in [-0.4, -0.2) is 4.98 Å².